The van der Waals surface area contributed by atoms with E-state index in [1.165, 1.54) is 12.1 Å². The quantitative estimate of drug-likeness (QED) is 0.329. The summed E-state index contributed by atoms with van der Waals surface area (Å²) in [5.74, 6) is 6.21. The summed E-state index contributed by atoms with van der Waals surface area (Å²) in [6.45, 7) is 7.05. The molecule has 0 aliphatic rings. The van der Waals surface area contributed by atoms with Gasteiger partial charge in [0.2, 0.25) is 0 Å². The van der Waals surface area contributed by atoms with Gasteiger partial charge in [-0.05, 0) is 20.3 Å². The fourth-order valence-electron chi connectivity index (χ4n) is 2.00. The molecule has 0 atom stereocenters. The highest BCUT2D eigenvalue weighted by molar-refractivity contribution is 5.55. The topological polar surface area (TPSA) is 97.3 Å². The molecule has 0 radical (unpaired) electrons. The van der Waals surface area contributed by atoms with E-state index in [0.717, 1.165) is 25.8 Å². The first-order chi connectivity index (χ1) is 9.49. The number of anilines is 2. The predicted molar refractivity (Wildman–Crippen MR) is 80.7 cm³/mol. The number of nitrogens with two attached hydrogens (primary N) is 1. The van der Waals surface area contributed by atoms with Gasteiger partial charge in [0, 0.05) is 12.6 Å². The van der Waals surface area contributed by atoms with Crippen molar-refractivity contribution in [1.29, 1.82) is 0 Å². The molecule has 0 bridgehead atoms. The Bertz CT molecular complexity index is 450. The third kappa shape index (κ3) is 4.34. The fourth-order valence-corrected chi connectivity index (χ4v) is 2.00. The van der Waals surface area contributed by atoms with Crippen molar-refractivity contribution in [3.63, 3.8) is 0 Å². The number of rotatable bonds is 8. The average Bonchev–Trinajstić information content (AvgIpc) is 2.42. The van der Waals surface area contributed by atoms with Crippen LogP contribution < -0.4 is 16.2 Å². The second-order valence-electron chi connectivity index (χ2n) is 4.96. The highest BCUT2D eigenvalue weighted by atomic mass is 16.6. The minimum absolute atomic E-state index is 0.0101. The second-order valence-corrected chi connectivity index (χ2v) is 4.96. The summed E-state index contributed by atoms with van der Waals surface area (Å²) in [5.41, 5.74) is 2.37. The molecule has 0 saturated heterocycles. The van der Waals surface area contributed by atoms with Gasteiger partial charge in [-0.1, -0.05) is 19.8 Å². The van der Waals surface area contributed by atoms with Gasteiger partial charge in [0.25, 0.3) is 5.69 Å². The van der Waals surface area contributed by atoms with Gasteiger partial charge in [-0.25, -0.2) is 10.8 Å². The molecule has 20 heavy (non-hydrogen) atoms. The zero-order chi connectivity index (χ0) is 15.1. The first kappa shape index (κ1) is 16.2. The molecule has 3 N–H and O–H groups in total. The molecule has 0 aliphatic heterocycles. The average molecular weight is 281 g/mol. The maximum absolute atomic E-state index is 11.0. The Kier molecular flexibility index (Phi) is 6.17. The minimum Gasteiger partial charge on any atom is -0.354 e. The van der Waals surface area contributed by atoms with Crippen LogP contribution in [0.3, 0.4) is 0 Å². The van der Waals surface area contributed by atoms with E-state index in [1.807, 2.05) is 13.8 Å². The number of nitrogen functional groups attached to an aromatic ring is 1. The number of pyridine rings is 1. The standard InChI is InChI=1S/C13H23N5O2/c1-4-5-6-7-17(10(2)3)13-9-11(18(19)20)8-12(15-13)16-14/h8-10H,4-7,14H2,1-3H3,(H,15,16). The van der Waals surface area contributed by atoms with E-state index < -0.39 is 4.92 Å². The van der Waals surface area contributed by atoms with Gasteiger partial charge < -0.3 is 10.3 Å². The first-order valence-electron chi connectivity index (χ1n) is 6.89. The van der Waals surface area contributed by atoms with Crippen molar-refractivity contribution in [1.82, 2.24) is 4.98 Å². The van der Waals surface area contributed by atoms with Crippen molar-refractivity contribution >= 4 is 17.3 Å². The Hall–Kier alpha value is -1.89. The van der Waals surface area contributed by atoms with E-state index in [1.54, 1.807) is 0 Å². The van der Waals surface area contributed by atoms with E-state index >= 15 is 0 Å². The summed E-state index contributed by atoms with van der Waals surface area (Å²) in [6.07, 6.45) is 3.29. The number of aromatic nitrogens is 1. The molecular weight excluding hydrogens is 258 g/mol. The van der Waals surface area contributed by atoms with Crippen molar-refractivity contribution in [2.45, 2.75) is 46.1 Å². The lowest BCUT2D eigenvalue weighted by molar-refractivity contribution is -0.384. The SMILES string of the molecule is CCCCCN(c1cc([N+](=O)[O-])cc(NN)n1)C(C)C. The molecule has 1 heterocycles. The normalized spacial score (nSPS) is 10.7. The highest BCUT2D eigenvalue weighted by Crippen LogP contribution is 2.24. The predicted octanol–water partition coefficient (Wildman–Crippen LogP) is 2.68. The molecule has 7 nitrogen and oxygen atoms in total. The summed E-state index contributed by atoms with van der Waals surface area (Å²) in [4.78, 5) is 16.9. The molecule has 0 spiro atoms. The molecule has 0 unspecified atom stereocenters. The molecule has 112 valence electrons. The monoisotopic (exact) mass is 281 g/mol. The molecule has 0 aromatic carbocycles. The lowest BCUT2D eigenvalue weighted by atomic mass is 10.2. The van der Waals surface area contributed by atoms with Crippen molar-refractivity contribution in [2.24, 2.45) is 5.84 Å². The zero-order valence-corrected chi connectivity index (χ0v) is 12.3. The van der Waals surface area contributed by atoms with E-state index in [0.29, 0.717) is 11.6 Å². The van der Waals surface area contributed by atoms with Crippen LogP contribution in [0, 0.1) is 10.1 Å². The molecule has 0 amide bonds. The molecule has 1 rings (SSSR count). The molecule has 1 aromatic rings. The van der Waals surface area contributed by atoms with Crippen LogP contribution in [0.2, 0.25) is 0 Å². The number of hydrazine groups is 1. The molecule has 0 aliphatic carbocycles. The van der Waals surface area contributed by atoms with Gasteiger partial charge in [0.1, 0.15) is 11.6 Å². The summed E-state index contributed by atoms with van der Waals surface area (Å²) < 4.78 is 0. The summed E-state index contributed by atoms with van der Waals surface area (Å²) in [5, 5.41) is 11.0. The smallest absolute Gasteiger partial charge is 0.276 e. The molecule has 0 fully saturated rings. The van der Waals surface area contributed by atoms with Crippen molar-refractivity contribution in [3.8, 4) is 0 Å². The van der Waals surface area contributed by atoms with Crippen LogP contribution in [0.5, 0.6) is 0 Å². The molecular formula is C13H23N5O2. The Morgan fingerprint density at radius 1 is 1.45 bits per heavy atom. The Morgan fingerprint density at radius 3 is 2.65 bits per heavy atom. The van der Waals surface area contributed by atoms with Crippen molar-refractivity contribution < 1.29 is 4.92 Å². The van der Waals surface area contributed by atoms with Crippen LogP contribution in [0.15, 0.2) is 12.1 Å². The van der Waals surface area contributed by atoms with E-state index in [2.05, 4.69) is 22.2 Å². The maximum atomic E-state index is 11.0. The van der Waals surface area contributed by atoms with Gasteiger partial charge in [-0.2, -0.15) is 0 Å². The molecule has 7 heteroatoms. The third-order valence-electron chi connectivity index (χ3n) is 3.08. The van der Waals surface area contributed by atoms with Gasteiger partial charge in [0.05, 0.1) is 17.1 Å². The number of unbranched alkanes of at least 4 members (excludes halogenated alkanes) is 2. The Morgan fingerprint density at radius 2 is 2.15 bits per heavy atom. The van der Waals surface area contributed by atoms with E-state index in [9.17, 15) is 10.1 Å². The van der Waals surface area contributed by atoms with Crippen LogP contribution in [-0.4, -0.2) is 22.5 Å². The van der Waals surface area contributed by atoms with Gasteiger partial charge in [-0.3, -0.25) is 10.1 Å². The lowest BCUT2D eigenvalue weighted by Crippen LogP contribution is -2.32. The van der Waals surface area contributed by atoms with Crippen LogP contribution in [-0.2, 0) is 0 Å². The van der Waals surface area contributed by atoms with Crippen LogP contribution in [0.25, 0.3) is 0 Å². The number of nitro groups is 1. The largest absolute Gasteiger partial charge is 0.354 e. The molecule has 1 aromatic heterocycles. The maximum Gasteiger partial charge on any atom is 0.276 e. The van der Waals surface area contributed by atoms with Crippen molar-refractivity contribution in [3.05, 3.63) is 22.2 Å². The van der Waals surface area contributed by atoms with Gasteiger partial charge >= 0.3 is 0 Å². The summed E-state index contributed by atoms with van der Waals surface area (Å²) in [7, 11) is 0. The summed E-state index contributed by atoms with van der Waals surface area (Å²) >= 11 is 0. The van der Waals surface area contributed by atoms with E-state index in [-0.39, 0.29) is 11.7 Å². The summed E-state index contributed by atoms with van der Waals surface area (Å²) in [6, 6.07) is 3.04. The third-order valence-corrected chi connectivity index (χ3v) is 3.08. The number of nitrogens with one attached hydrogen (secondary N) is 1. The fraction of sp³-hybridized carbons (Fsp3) is 0.615. The van der Waals surface area contributed by atoms with Crippen LogP contribution in [0.4, 0.5) is 17.3 Å². The second kappa shape index (κ2) is 7.64. The minimum atomic E-state index is -0.434. The lowest BCUT2D eigenvalue weighted by Gasteiger charge is -2.28. The van der Waals surface area contributed by atoms with Gasteiger partial charge in [0.15, 0.2) is 0 Å². The van der Waals surface area contributed by atoms with Gasteiger partial charge in [-0.15, -0.1) is 0 Å². The van der Waals surface area contributed by atoms with Crippen LogP contribution in [0.1, 0.15) is 40.0 Å². The number of nitrogens with zero attached hydrogens (tertiary/aromatic N) is 3. The highest BCUT2D eigenvalue weighted by Gasteiger charge is 2.17. The van der Waals surface area contributed by atoms with E-state index in [4.69, 9.17) is 5.84 Å². The van der Waals surface area contributed by atoms with Crippen molar-refractivity contribution in [2.75, 3.05) is 16.9 Å². The Labute approximate surface area is 119 Å². The molecule has 0 saturated carbocycles. The Balaban J connectivity index is 3.05. The number of hydrogen-bond donors (Lipinski definition) is 2. The van der Waals surface area contributed by atoms with Crippen LogP contribution >= 0.6 is 0 Å². The number of hydrogen-bond acceptors (Lipinski definition) is 6. The first-order valence-corrected chi connectivity index (χ1v) is 6.89. The zero-order valence-electron chi connectivity index (χ0n) is 12.3.